The van der Waals surface area contributed by atoms with Gasteiger partial charge in [-0.15, -0.1) is 0 Å². The molecular formula is C12H22N4O2S. The first-order valence-electron chi connectivity index (χ1n) is 6.62. The first-order valence-corrected chi connectivity index (χ1v) is 8.27. The number of hydrogen-bond donors (Lipinski definition) is 1. The summed E-state index contributed by atoms with van der Waals surface area (Å²) in [7, 11) is -3.12. The van der Waals surface area contributed by atoms with Gasteiger partial charge in [-0.2, -0.15) is 5.10 Å². The van der Waals surface area contributed by atoms with Crippen LogP contribution < -0.4 is 5.32 Å². The van der Waals surface area contributed by atoms with E-state index in [1.807, 2.05) is 0 Å². The van der Waals surface area contributed by atoms with Crippen LogP contribution in [0, 0.1) is 0 Å². The third-order valence-corrected chi connectivity index (χ3v) is 5.91. The van der Waals surface area contributed by atoms with E-state index in [1.165, 1.54) is 19.2 Å². The molecule has 0 aliphatic heterocycles. The monoisotopic (exact) mass is 286 g/mol. The molecule has 0 bridgehead atoms. The lowest BCUT2D eigenvalue weighted by Crippen LogP contribution is -2.32. The second-order valence-corrected chi connectivity index (χ2v) is 8.85. The number of aromatic nitrogens is 3. The molecule has 1 saturated carbocycles. The van der Waals surface area contributed by atoms with Gasteiger partial charge in [0.2, 0.25) is 0 Å². The summed E-state index contributed by atoms with van der Waals surface area (Å²) in [6.07, 6.45) is 3.91. The van der Waals surface area contributed by atoms with Crippen LogP contribution in [0.25, 0.3) is 0 Å². The van der Waals surface area contributed by atoms with Crippen LogP contribution >= 0.6 is 0 Å². The standard InChI is InChI=1S/C12H22N4O2S/c1-12(2,3)19(17,18)7-6-16-11(14-9-15-16)8-13-10-4-5-10/h9-10,13H,4-8H2,1-3H3. The van der Waals surface area contributed by atoms with Crippen molar-refractivity contribution in [2.75, 3.05) is 5.75 Å². The molecule has 0 aromatic carbocycles. The third kappa shape index (κ3) is 3.76. The van der Waals surface area contributed by atoms with Crippen LogP contribution in [0.2, 0.25) is 0 Å². The van der Waals surface area contributed by atoms with E-state index < -0.39 is 14.6 Å². The number of hydrogen-bond acceptors (Lipinski definition) is 5. The summed E-state index contributed by atoms with van der Waals surface area (Å²) in [6, 6.07) is 0.600. The van der Waals surface area contributed by atoms with Crippen molar-refractivity contribution in [3.8, 4) is 0 Å². The Morgan fingerprint density at radius 1 is 1.42 bits per heavy atom. The molecule has 6 nitrogen and oxygen atoms in total. The molecule has 7 heteroatoms. The van der Waals surface area contributed by atoms with Gasteiger partial charge in [0.05, 0.1) is 23.6 Å². The molecule has 1 aromatic rings. The predicted molar refractivity (Wildman–Crippen MR) is 73.4 cm³/mol. The smallest absolute Gasteiger partial charge is 0.157 e. The van der Waals surface area contributed by atoms with Crippen molar-refractivity contribution in [2.45, 2.75) is 57.5 Å². The van der Waals surface area contributed by atoms with Crippen molar-refractivity contribution < 1.29 is 8.42 Å². The maximum Gasteiger partial charge on any atom is 0.157 e. The van der Waals surface area contributed by atoms with Gasteiger partial charge < -0.3 is 5.32 Å². The van der Waals surface area contributed by atoms with Gasteiger partial charge in [-0.05, 0) is 33.6 Å². The van der Waals surface area contributed by atoms with E-state index in [0.29, 0.717) is 19.1 Å². The van der Waals surface area contributed by atoms with Crippen LogP contribution in [0.5, 0.6) is 0 Å². The van der Waals surface area contributed by atoms with Crippen molar-refractivity contribution in [3.05, 3.63) is 12.2 Å². The van der Waals surface area contributed by atoms with E-state index in [2.05, 4.69) is 15.4 Å². The molecule has 0 atom stereocenters. The van der Waals surface area contributed by atoms with Gasteiger partial charge in [0, 0.05) is 6.04 Å². The molecule has 1 N–H and O–H groups in total. The Kier molecular flexibility index (Phi) is 3.96. The highest BCUT2D eigenvalue weighted by Crippen LogP contribution is 2.19. The Morgan fingerprint density at radius 2 is 2.11 bits per heavy atom. The second-order valence-electron chi connectivity index (χ2n) is 5.99. The van der Waals surface area contributed by atoms with Crippen molar-refractivity contribution in [3.63, 3.8) is 0 Å². The number of aryl methyl sites for hydroxylation is 1. The average molecular weight is 286 g/mol. The summed E-state index contributed by atoms with van der Waals surface area (Å²) in [5.74, 6) is 0.895. The van der Waals surface area contributed by atoms with Gasteiger partial charge >= 0.3 is 0 Å². The number of nitrogens with one attached hydrogen (secondary N) is 1. The molecule has 1 aromatic heterocycles. The third-order valence-electron chi connectivity index (χ3n) is 3.33. The average Bonchev–Trinajstić information content (AvgIpc) is 3.01. The molecule has 0 spiro atoms. The summed E-state index contributed by atoms with van der Waals surface area (Å²) in [5, 5.41) is 7.45. The van der Waals surface area contributed by atoms with Crippen LogP contribution in [0.3, 0.4) is 0 Å². The molecule has 1 aliphatic carbocycles. The summed E-state index contributed by atoms with van der Waals surface area (Å²) < 4.78 is 25.1. The minimum atomic E-state index is -3.12. The molecule has 0 saturated heterocycles. The number of rotatable bonds is 6. The van der Waals surface area contributed by atoms with Crippen LogP contribution in [-0.4, -0.2) is 39.7 Å². The minimum absolute atomic E-state index is 0.0935. The van der Waals surface area contributed by atoms with E-state index in [4.69, 9.17) is 0 Å². The van der Waals surface area contributed by atoms with Crippen molar-refractivity contribution in [2.24, 2.45) is 0 Å². The Bertz CT molecular complexity index is 526. The molecule has 0 amide bonds. The quantitative estimate of drug-likeness (QED) is 0.835. The predicted octanol–water partition coefficient (Wildman–Crippen LogP) is 0.743. The Hall–Kier alpha value is -0.950. The summed E-state index contributed by atoms with van der Waals surface area (Å²) in [6.45, 7) is 6.18. The Labute approximate surface area is 114 Å². The van der Waals surface area contributed by atoms with E-state index in [9.17, 15) is 8.42 Å². The van der Waals surface area contributed by atoms with Gasteiger partial charge in [-0.3, -0.25) is 0 Å². The maximum atomic E-state index is 12.1. The van der Waals surface area contributed by atoms with Crippen LogP contribution in [0.15, 0.2) is 6.33 Å². The molecular weight excluding hydrogens is 264 g/mol. The lowest BCUT2D eigenvalue weighted by atomic mass is 10.3. The van der Waals surface area contributed by atoms with Crippen LogP contribution in [0.4, 0.5) is 0 Å². The van der Waals surface area contributed by atoms with E-state index >= 15 is 0 Å². The van der Waals surface area contributed by atoms with E-state index in [1.54, 1.807) is 25.5 Å². The lowest BCUT2D eigenvalue weighted by Gasteiger charge is -2.19. The van der Waals surface area contributed by atoms with E-state index in [0.717, 1.165) is 5.82 Å². The summed E-state index contributed by atoms with van der Waals surface area (Å²) in [4.78, 5) is 4.17. The first kappa shape index (κ1) is 14.5. The zero-order valence-corrected chi connectivity index (χ0v) is 12.6. The summed E-state index contributed by atoms with van der Waals surface area (Å²) >= 11 is 0. The lowest BCUT2D eigenvalue weighted by molar-refractivity contribution is 0.536. The minimum Gasteiger partial charge on any atom is -0.307 e. The molecule has 2 rings (SSSR count). The molecule has 19 heavy (non-hydrogen) atoms. The topological polar surface area (TPSA) is 76.9 Å². The molecule has 1 heterocycles. The molecule has 0 radical (unpaired) electrons. The molecule has 1 aliphatic rings. The van der Waals surface area contributed by atoms with Crippen molar-refractivity contribution in [1.29, 1.82) is 0 Å². The normalized spacial score (nSPS) is 16.8. The zero-order chi connectivity index (χ0) is 14.1. The zero-order valence-electron chi connectivity index (χ0n) is 11.8. The Morgan fingerprint density at radius 3 is 2.68 bits per heavy atom. The van der Waals surface area contributed by atoms with Gasteiger partial charge in [0.15, 0.2) is 9.84 Å². The van der Waals surface area contributed by atoms with Crippen molar-refractivity contribution in [1.82, 2.24) is 20.1 Å². The highest BCUT2D eigenvalue weighted by Gasteiger charge is 2.29. The highest BCUT2D eigenvalue weighted by molar-refractivity contribution is 7.92. The molecule has 108 valence electrons. The van der Waals surface area contributed by atoms with Gasteiger partial charge in [0.1, 0.15) is 12.2 Å². The van der Waals surface area contributed by atoms with Crippen LogP contribution in [-0.2, 0) is 22.9 Å². The molecule has 0 unspecified atom stereocenters. The number of nitrogens with zero attached hydrogens (tertiary/aromatic N) is 3. The fraction of sp³-hybridized carbons (Fsp3) is 0.833. The number of sulfone groups is 1. The summed E-state index contributed by atoms with van der Waals surface area (Å²) in [5.41, 5.74) is 0. The molecule has 1 fully saturated rings. The van der Waals surface area contributed by atoms with Crippen molar-refractivity contribution >= 4 is 9.84 Å². The van der Waals surface area contributed by atoms with Gasteiger partial charge in [-0.25, -0.2) is 18.1 Å². The Balaban J connectivity index is 1.94. The largest absolute Gasteiger partial charge is 0.307 e. The van der Waals surface area contributed by atoms with Gasteiger partial charge in [-0.1, -0.05) is 0 Å². The fourth-order valence-electron chi connectivity index (χ4n) is 1.65. The van der Waals surface area contributed by atoms with E-state index in [-0.39, 0.29) is 5.75 Å². The SMILES string of the molecule is CC(C)(C)S(=O)(=O)CCn1ncnc1CNC1CC1. The van der Waals surface area contributed by atoms with Gasteiger partial charge in [0.25, 0.3) is 0 Å². The fourth-order valence-corrected chi connectivity index (χ4v) is 2.67. The van der Waals surface area contributed by atoms with Crippen LogP contribution in [0.1, 0.15) is 39.4 Å². The first-order chi connectivity index (χ1) is 8.79. The highest BCUT2D eigenvalue weighted by atomic mass is 32.2. The second kappa shape index (κ2) is 5.20. The maximum absolute atomic E-state index is 12.1.